The van der Waals surface area contributed by atoms with E-state index in [1.165, 1.54) is 0 Å². The first-order valence-electron chi connectivity index (χ1n) is 6.09. The zero-order valence-corrected chi connectivity index (χ0v) is 9.71. The Hall–Kier alpha value is -1.88. The van der Waals surface area contributed by atoms with Crippen LogP contribution in [-0.2, 0) is 6.42 Å². The number of hydrogen-bond donors (Lipinski definition) is 2. The molecule has 2 N–H and O–H groups in total. The van der Waals surface area contributed by atoms with Crippen LogP contribution in [0.1, 0.15) is 32.7 Å². The molecule has 3 aliphatic heterocycles. The molecule has 5 heteroatoms. The van der Waals surface area contributed by atoms with E-state index in [2.05, 4.69) is 10.6 Å². The van der Waals surface area contributed by atoms with Crippen LogP contribution in [0.4, 0.5) is 0 Å². The van der Waals surface area contributed by atoms with Crippen molar-refractivity contribution in [1.29, 1.82) is 0 Å². The van der Waals surface area contributed by atoms with Gasteiger partial charge in [0.05, 0.1) is 11.1 Å². The number of hydrogen-bond acceptors (Lipinski definition) is 4. The van der Waals surface area contributed by atoms with Crippen LogP contribution in [0.2, 0.25) is 0 Å². The van der Waals surface area contributed by atoms with Gasteiger partial charge in [-0.05, 0) is 30.5 Å². The number of benzene rings is 1. The molecular formula is C13H12N2O3. The van der Waals surface area contributed by atoms with Gasteiger partial charge in [0.1, 0.15) is 11.4 Å². The van der Waals surface area contributed by atoms with Gasteiger partial charge in [0.25, 0.3) is 11.8 Å². The highest BCUT2D eigenvalue weighted by Gasteiger charge is 2.43. The second kappa shape index (κ2) is 3.11. The van der Waals surface area contributed by atoms with Gasteiger partial charge in [-0.1, -0.05) is 0 Å². The lowest BCUT2D eigenvalue weighted by atomic mass is 9.85. The molecule has 0 radical (unpaired) electrons. The number of imide groups is 1. The fourth-order valence-electron chi connectivity index (χ4n) is 2.83. The molecule has 1 aromatic carbocycles. The Labute approximate surface area is 104 Å². The quantitative estimate of drug-likeness (QED) is 0.641. The third kappa shape index (κ3) is 1.19. The lowest BCUT2D eigenvalue weighted by Gasteiger charge is -2.45. The maximum atomic E-state index is 11.6. The number of nitrogens with one attached hydrogen (secondary N) is 2. The first-order chi connectivity index (χ1) is 8.67. The molecule has 92 valence electrons. The number of amides is 2. The van der Waals surface area contributed by atoms with Crippen molar-refractivity contribution in [3.8, 4) is 5.75 Å². The van der Waals surface area contributed by atoms with Crippen LogP contribution in [0.15, 0.2) is 12.1 Å². The molecular weight excluding hydrogens is 232 g/mol. The van der Waals surface area contributed by atoms with E-state index in [4.69, 9.17) is 4.74 Å². The molecule has 5 nitrogen and oxygen atoms in total. The highest BCUT2D eigenvalue weighted by atomic mass is 16.5. The number of rotatable bonds is 0. The topological polar surface area (TPSA) is 67.4 Å². The van der Waals surface area contributed by atoms with Gasteiger partial charge in [0.2, 0.25) is 0 Å². The Balaban J connectivity index is 1.81. The molecule has 0 aromatic heterocycles. The van der Waals surface area contributed by atoms with Crippen molar-refractivity contribution >= 4 is 11.8 Å². The summed E-state index contributed by atoms with van der Waals surface area (Å²) in [5.41, 5.74) is 1.84. The van der Waals surface area contributed by atoms with Crippen LogP contribution >= 0.6 is 0 Å². The SMILES string of the molecule is O=C1NC(=O)c2cc3c(cc21)CCC1(CNC1)O3. The van der Waals surface area contributed by atoms with Gasteiger partial charge in [-0.15, -0.1) is 0 Å². The molecule has 0 bridgehead atoms. The molecule has 0 saturated carbocycles. The van der Waals surface area contributed by atoms with Gasteiger partial charge >= 0.3 is 0 Å². The van der Waals surface area contributed by atoms with Crippen molar-refractivity contribution in [2.75, 3.05) is 13.1 Å². The molecule has 3 heterocycles. The van der Waals surface area contributed by atoms with Crippen LogP contribution in [0, 0.1) is 0 Å². The number of ether oxygens (including phenoxy) is 1. The normalized spacial score (nSPS) is 22.9. The van der Waals surface area contributed by atoms with Crippen molar-refractivity contribution in [2.45, 2.75) is 18.4 Å². The zero-order chi connectivity index (χ0) is 12.3. The van der Waals surface area contributed by atoms with E-state index in [0.717, 1.165) is 37.2 Å². The third-order valence-electron chi connectivity index (χ3n) is 3.99. The lowest BCUT2D eigenvalue weighted by molar-refractivity contribution is -0.00239. The summed E-state index contributed by atoms with van der Waals surface area (Å²) in [5.74, 6) is 0.127. The minimum atomic E-state index is -0.326. The highest BCUT2D eigenvalue weighted by Crippen LogP contribution is 2.37. The first kappa shape index (κ1) is 10.1. The Bertz CT molecular complexity index is 590. The summed E-state index contributed by atoms with van der Waals surface area (Å²) in [6, 6.07) is 3.51. The Kier molecular flexibility index (Phi) is 1.74. The van der Waals surface area contributed by atoms with Crippen LogP contribution in [0.3, 0.4) is 0 Å². The fraction of sp³-hybridized carbons (Fsp3) is 0.385. The third-order valence-corrected chi connectivity index (χ3v) is 3.99. The van der Waals surface area contributed by atoms with Crippen molar-refractivity contribution in [1.82, 2.24) is 10.6 Å². The Morgan fingerprint density at radius 2 is 1.83 bits per heavy atom. The average molecular weight is 244 g/mol. The van der Waals surface area contributed by atoms with E-state index in [-0.39, 0.29) is 17.4 Å². The monoisotopic (exact) mass is 244 g/mol. The van der Waals surface area contributed by atoms with Gasteiger partial charge in [-0.25, -0.2) is 0 Å². The molecule has 3 aliphatic rings. The molecule has 1 spiro atoms. The average Bonchev–Trinajstić information content (AvgIpc) is 2.60. The minimum Gasteiger partial charge on any atom is -0.484 e. The molecule has 0 atom stereocenters. The summed E-state index contributed by atoms with van der Waals surface area (Å²) in [6.07, 6.45) is 1.85. The molecule has 0 unspecified atom stereocenters. The Morgan fingerprint density at radius 3 is 2.50 bits per heavy atom. The van der Waals surface area contributed by atoms with Gasteiger partial charge in [-0.3, -0.25) is 14.9 Å². The number of carbonyl (C=O) groups excluding carboxylic acids is 2. The van der Waals surface area contributed by atoms with Crippen molar-refractivity contribution in [2.24, 2.45) is 0 Å². The van der Waals surface area contributed by atoms with Gasteiger partial charge in [0, 0.05) is 13.1 Å². The van der Waals surface area contributed by atoms with Gasteiger partial charge in [-0.2, -0.15) is 0 Å². The van der Waals surface area contributed by atoms with Gasteiger partial charge in [0.15, 0.2) is 0 Å². The van der Waals surface area contributed by atoms with Crippen LogP contribution in [0.25, 0.3) is 0 Å². The highest BCUT2D eigenvalue weighted by molar-refractivity contribution is 6.21. The molecule has 1 aromatic rings. The van der Waals surface area contributed by atoms with Crippen LogP contribution < -0.4 is 15.4 Å². The van der Waals surface area contributed by atoms with Crippen molar-refractivity contribution in [3.05, 3.63) is 28.8 Å². The number of fused-ring (bicyclic) bond motifs is 2. The molecule has 1 fully saturated rings. The van der Waals surface area contributed by atoms with E-state index >= 15 is 0 Å². The van der Waals surface area contributed by atoms with E-state index in [0.29, 0.717) is 11.1 Å². The second-order valence-electron chi connectivity index (χ2n) is 5.18. The summed E-state index contributed by atoms with van der Waals surface area (Å²) in [4.78, 5) is 23.2. The fourth-order valence-corrected chi connectivity index (χ4v) is 2.83. The zero-order valence-electron chi connectivity index (χ0n) is 9.71. The van der Waals surface area contributed by atoms with Crippen LogP contribution in [0.5, 0.6) is 5.75 Å². The molecule has 4 rings (SSSR count). The summed E-state index contributed by atoms with van der Waals surface area (Å²) >= 11 is 0. The summed E-state index contributed by atoms with van der Waals surface area (Å²) in [7, 11) is 0. The molecule has 0 aliphatic carbocycles. The predicted molar refractivity (Wildman–Crippen MR) is 62.8 cm³/mol. The number of aryl methyl sites for hydroxylation is 1. The molecule has 18 heavy (non-hydrogen) atoms. The standard InChI is InChI=1S/C13H12N2O3/c16-11-8-3-7-1-2-13(5-14-6-13)18-10(7)4-9(8)12(17)15-11/h3-4,14H,1-2,5-6H2,(H,15,16,17). The van der Waals surface area contributed by atoms with Crippen molar-refractivity contribution in [3.63, 3.8) is 0 Å². The summed E-state index contributed by atoms with van der Waals surface area (Å²) < 4.78 is 6.01. The minimum absolute atomic E-state index is 0.0969. The lowest BCUT2D eigenvalue weighted by Crippen LogP contribution is -2.64. The Morgan fingerprint density at radius 1 is 1.11 bits per heavy atom. The second-order valence-corrected chi connectivity index (χ2v) is 5.18. The van der Waals surface area contributed by atoms with E-state index in [1.807, 2.05) is 0 Å². The van der Waals surface area contributed by atoms with E-state index < -0.39 is 0 Å². The largest absolute Gasteiger partial charge is 0.484 e. The first-order valence-corrected chi connectivity index (χ1v) is 6.09. The molecule has 1 saturated heterocycles. The van der Waals surface area contributed by atoms with Crippen molar-refractivity contribution < 1.29 is 14.3 Å². The number of carbonyl (C=O) groups is 2. The summed E-state index contributed by atoms with van der Waals surface area (Å²) in [5, 5.41) is 5.52. The van der Waals surface area contributed by atoms with E-state index in [1.54, 1.807) is 12.1 Å². The maximum absolute atomic E-state index is 11.6. The predicted octanol–water partition coefficient (Wildman–Crippen LogP) is 0.237. The summed E-state index contributed by atoms with van der Waals surface area (Å²) in [6.45, 7) is 1.71. The molecule has 2 amide bonds. The smallest absolute Gasteiger partial charge is 0.259 e. The van der Waals surface area contributed by atoms with E-state index in [9.17, 15) is 9.59 Å². The van der Waals surface area contributed by atoms with Gasteiger partial charge < -0.3 is 10.1 Å². The maximum Gasteiger partial charge on any atom is 0.259 e. The van der Waals surface area contributed by atoms with Crippen LogP contribution in [-0.4, -0.2) is 30.5 Å².